The minimum absolute atomic E-state index is 0.0347. The van der Waals surface area contributed by atoms with E-state index < -0.39 is 48.1 Å². The number of ether oxygens (including phenoxy) is 4. The largest absolute Gasteiger partial charge is 0.510 e. The van der Waals surface area contributed by atoms with Crippen molar-refractivity contribution in [2.24, 2.45) is 0 Å². The molecule has 0 saturated carbocycles. The number of hydrogen-bond acceptors (Lipinski definition) is 10. The number of carbonyl (C=O) groups excluding carboxylic acids is 2. The van der Waals surface area contributed by atoms with E-state index in [1.54, 1.807) is 5.01 Å². The Kier molecular flexibility index (Phi) is 6.69. The summed E-state index contributed by atoms with van der Waals surface area (Å²) in [5.74, 6) is -3.02. The molecule has 0 N–H and O–H groups in total. The lowest BCUT2D eigenvalue weighted by atomic mass is 9.92. The van der Waals surface area contributed by atoms with Crippen LogP contribution >= 0.6 is 0 Å². The fraction of sp³-hybridized carbons (Fsp3) is 0.233. The zero-order valence-electron chi connectivity index (χ0n) is 23.1. The van der Waals surface area contributed by atoms with Gasteiger partial charge in [-0.1, -0.05) is 30.3 Å². The van der Waals surface area contributed by atoms with E-state index in [4.69, 9.17) is 14.2 Å². The number of aromatic nitrogens is 3. The van der Waals surface area contributed by atoms with Crippen LogP contribution < -0.4 is 15.2 Å². The first-order valence-electron chi connectivity index (χ1n) is 13.5. The Labute approximate surface area is 247 Å². The van der Waals surface area contributed by atoms with Crippen LogP contribution in [0.1, 0.15) is 27.7 Å². The Bertz CT molecular complexity index is 1880. The first-order valence-corrected chi connectivity index (χ1v) is 13.5. The normalized spacial score (nSPS) is 18.2. The van der Waals surface area contributed by atoms with Crippen molar-refractivity contribution in [1.82, 2.24) is 19.5 Å². The van der Waals surface area contributed by atoms with Crippen LogP contribution in [0, 0.1) is 11.6 Å². The van der Waals surface area contributed by atoms with E-state index in [0.717, 1.165) is 13.2 Å². The number of nitrogens with zero attached hydrogens (tertiary/aromatic N) is 5. The average Bonchev–Trinajstić information content (AvgIpc) is 3.17. The molecule has 1 aliphatic carbocycles. The number of carbonyl (C=O) groups is 2. The molecule has 2 atom stereocenters. The van der Waals surface area contributed by atoms with Crippen LogP contribution in [0.2, 0.25) is 0 Å². The maximum atomic E-state index is 15.9. The van der Waals surface area contributed by atoms with Crippen molar-refractivity contribution < 1.29 is 37.3 Å². The van der Waals surface area contributed by atoms with E-state index in [1.807, 2.05) is 24.3 Å². The summed E-state index contributed by atoms with van der Waals surface area (Å²) in [5, 5.41) is 1.78. The highest BCUT2D eigenvalue weighted by atomic mass is 19.2. The predicted octanol–water partition coefficient (Wildman–Crippen LogP) is 3.22. The van der Waals surface area contributed by atoms with E-state index in [1.165, 1.54) is 40.4 Å². The number of halogens is 2. The molecule has 2 aromatic carbocycles. The van der Waals surface area contributed by atoms with Crippen molar-refractivity contribution in [3.63, 3.8) is 0 Å². The highest BCUT2D eigenvalue weighted by Gasteiger charge is 2.47. The van der Waals surface area contributed by atoms with Crippen LogP contribution in [-0.4, -0.2) is 71.4 Å². The number of amides is 1. The Hall–Kier alpha value is -5.37. The minimum atomic E-state index is -1.08. The Morgan fingerprint density at radius 1 is 1.09 bits per heavy atom. The maximum absolute atomic E-state index is 15.9. The van der Waals surface area contributed by atoms with Gasteiger partial charge in [-0.15, -0.1) is 0 Å². The second-order valence-corrected chi connectivity index (χ2v) is 10.1. The molecule has 0 unspecified atom stereocenters. The van der Waals surface area contributed by atoms with E-state index in [2.05, 4.69) is 14.7 Å². The van der Waals surface area contributed by atoms with Crippen LogP contribution in [0.15, 0.2) is 66.0 Å². The van der Waals surface area contributed by atoms with Crippen LogP contribution in [0.25, 0.3) is 22.4 Å². The number of morpholine rings is 1. The molecule has 0 bridgehead atoms. The molecule has 1 fully saturated rings. The van der Waals surface area contributed by atoms with Gasteiger partial charge in [-0.2, -0.15) is 0 Å². The van der Waals surface area contributed by atoms with Gasteiger partial charge in [0.25, 0.3) is 5.91 Å². The molecule has 0 spiro atoms. The van der Waals surface area contributed by atoms with Gasteiger partial charge in [0.05, 0.1) is 32.1 Å². The second kappa shape index (κ2) is 10.7. The molecule has 14 heteroatoms. The maximum Gasteiger partial charge on any atom is 0.510 e. The van der Waals surface area contributed by atoms with Gasteiger partial charge in [-0.25, -0.2) is 23.5 Å². The lowest BCUT2D eigenvalue weighted by Gasteiger charge is -2.51. The fourth-order valence-corrected chi connectivity index (χ4v) is 6.05. The molecule has 1 amide bonds. The van der Waals surface area contributed by atoms with Crippen LogP contribution in [-0.2, 0) is 14.2 Å². The third kappa shape index (κ3) is 4.17. The summed E-state index contributed by atoms with van der Waals surface area (Å²) in [6.07, 6.45) is 2.41. The van der Waals surface area contributed by atoms with Crippen LogP contribution in [0.4, 0.5) is 13.6 Å². The van der Waals surface area contributed by atoms with Gasteiger partial charge >= 0.3 is 6.16 Å². The van der Waals surface area contributed by atoms with E-state index in [-0.39, 0.29) is 36.8 Å². The third-order valence-corrected chi connectivity index (χ3v) is 7.88. The Morgan fingerprint density at radius 3 is 2.77 bits per heavy atom. The zero-order valence-corrected chi connectivity index (χ0v) is 23.1. The van der Waals surface area contributed by atoms with Crippen molar-refractivity contribution in [3.8, 4) is 28.1 Å². The standard InChI is InChI=1S/C30H23F2N5O7/c1-41-30(40)44-15-43-28-21(38)8-9-36-27(28)29(39)35-10-11-42-13-22(35)37(36)26-17-5-3-2-4-16(17)25-19(12-33-14-34-25)23-18(26)6-7-20(31)24(23)32/h2-9,12,14,22,26H,10-11,13,15H2,1H3/t22-,26-/m1/s1. The second-order valence-electron chi connectivity index (χ2n) is 10.1. The summed E-state index contributed by atoms with van der Waals surface area (Å²) in [7, 11) is 1.11. The summed E-state index contributed by atoms with van der Waals surface area (Å²) in [6, 6.07) is 10.2. The lowest BCUT2D eigenvalue weighted by Crippen LogP contribution is -2.66. The average molecular weight is 604 g/mol. The number of methoxy groups -OCH3 is 1. The molecule has 44 heavy (non-hydrogen) atoms. The highest BCUT2D eigenvalue weighted by Crippen LogP contribution is 2.48. The molecule has 4 aromatic rings. The Morgan fingerprint density at radius 2 is 1.93 bits per heavy atom. The molecule has 7 rings (SSSR count). The Balaban J connectivity index is 1.51. The van der Waals surface area contributed by atoms with Gasteiger partial charge < -0.3 is 23.8 Å². The zero-order chi connectivity index (χ0) is 30.5. The van der Waals surface area contributed by atoms with Crippen molar-refractivity contribution in [2.75, 3.05) is 38.7 Å². The number of rotatable bonds is 4. The molecule has 2 aromatic heterocycles. The molecule has 12 nitrogen and oxygen atoms in total. The van der Waals surface area contributed by atoms with Crippen LogP contribution in [0.3, 0.4) is 0 Å². The first kappa shape index (κ1) is 27.5. The van der Waals surface area contributed by atoms with Crippen molar-refractivity contribution in [3.05, 3.63) is 99.9 Å². The summed E-state index contributed by atoms with van der Waals surface area (Å²) >= 11 is 0. The molecule has 0 radical (unpaired) electrons. The quantitative estimate of drug-likeness (QED) is 0.254. The van der Waals surface area contributed by atoms with Crippen molar-refractivity contribution in [2.45, 2.75) is 12.2 Å². The minimum Gasteiger partial charge on any atom is -0.451 e. The summed E-state index contributed by atoms with van der Waals surface area (Å²) in [5.41, 5.74) is 1.55. The predicted molar refractivity (Wildman–Crippen MR) is 148 cm³/mol. The molecular formula is C30H23F2N5O7. The van der Waals surface area contributed by atoms with E-state index >= 15 is 4.39 Å². The summed E-state index contributed by atoms with van der Waals surface area (Å²) < 4.78 is 52.9. The monoisotopic (exact) mass is 603 g/mol. The first-order chi connectivity index (χ1) is 21.4. The number of fused-ring (bicyclic) bond motifs is 7. The topological polar surface area (TPSA) is 125 Å². The van der Waals surface area contributed by atoms with Gasteiger partial charge in [-0.05, 0) is 17.2 Å². The molecule has 3 aliphatic rings. The molecular weight excluding hydrogens is 580 g/mol. The van der Waals surface area contributed by atoms with Crippen molar-refractivity contribution >= 4 is 12.1 Å². The fourth-order valence-electron chi connectivity index (χ4n) is 6.05. The van der Waals surface area contributed by atoms with Crippen LogP contribution in [0.5, 0.6) is 5.75 Å². The van der Waals surface area contributed by atoms with Crippen molar-refractivity contribution in [1.29, 1.82) is 0 Å². The highest BCUT2D eigenvalue weighted by molar-refractivity contribution is 5.97. The van der Waals surface area contributed by atoms with E-state index in [0.29, 0.717) is 27.9 Å². The molecule has 4 heterocycles. The smallest absolute Gasteiger partial charge is 0.451 e. The lowest BCUT2D eigenvalue weighted by molar-refractivity contribution is -0.0208. The van der Waals surface area contributed by atoms with E-state index in [9.17, 15) is 18.8 Å². The number of pyridine rings is 1. The van der Waals surface area contributed by atoms with Gasteiger partial charge in [0.15, 0.2) is 17.3 Å². The summed E-state index contributed by atoms with van der Waals surface area (Å²) in [4.78, 5) is 48.7. The van der Waals surface area contributed by atoms with Gasteiger partial charge in [0, 0.05) is 41.7 Å². The molecule has 2 aliphatic heterocycles. The molecule has 224 valence electrons. The van der Waals surface area contributed by atoms with Gasteiger partial charge in [0.2, 0.25) is 18.0 Å². The molecule has 1 saturated heterocycles. The van der Waals surface area contributed by atoms with Gasteiger partial charge in [-0.3, -0.25) is 19.3 Å². The summed E-state index contributed by atoms with van der Waals surface area (Å²) in [6.45, 7) is -0.227. The SMILES string of the molecule is COC(=O)OCOc1c2n(ccc1=O)N([C@@H]1c3ccccc3-c3ncncc3-c3c1ccc(F)c3F)[C@@H]1COCCN1C2=O. The third-order valence-electron chi connectivity index (χ3n) is 7.88. The number of hydrogen-bond donors (Lipinski definition) is 0. The van der Waals surface area contributed by atoms with Gasteiger partial charge in [0.1, 0.15) is 12.5 Å². The number of benzene rings is 2.